The number of aromatic nitrogens is 2. The van der Waals surface area contributed by atoms with Gasteiger partial charge in [0.25, 0.3) is 12.0 Å². The molecule has 0 saturated carbocycles. The van der Waals surface area contributed by atoms with Gasteiger partial charge in [-0.05, 0) is 63.2 Å². The largest absolute Gasteiger partial charge is 0.463 e. The lowest BCUT2D eigenvalue weighted by atomic mass is 9.95. The number of aliphatic hydroxyl groups excluding tert-OH is 1. The van der Waals surface area contributed by atoms with Crippen LogP contribution in [-0.2, 0) is 48.3 Å². The summed E-state index contributed by atoms with van der Waals surface area (Å²) in [5.41, 5.74) is 7.63. The molecule has 2 aliphatic rings. The van der Waals surface area contributed by atoms with Crippen molar-refractivity contribution >= 4 is 46.1 Å². The van der Waals surface area contributed by atoms with E-state index < -0.39 is 29.6 Å². The van der Waals surface area contributed by atoms with Crippen molar-refractivity contribution in [1.82, 2.24) is 25.5 Å². The fraction of sp³-hybridized carbons (Fsp3) is 0.227. The molecular formula is C44H39N5O9. The number of fused-ring (bicyclic) bond motifs is 9. The van der Waals surface area contributed by atoms with Gasteiger partial charge in [0, 0.05) is 23.4 Å². The molecule has 1 unspecified atom stereocenters. The van der Waals surface area contributed by atoms with Gasteiger partial charge in [-0.2, -0.15) is 0 Å². The van der Waals surface area contributed by atoms with E-state index >= 15 is 0 Å². The summed E-state index contributed by atoms with van der Waals surface area (Å²) in [7, 11) is 0. The molecule has 1 aliphatic heterocycles. The van der Waals surface area contributed by atoms with Gasteiger partial charge in [-0.15, -0.1) is 0 Å². The third-order valence-corrected chi connectivity index (χ3v) is 10.6. The molecule has 4 N–H and O–H groups in total. The van der Waals surface area contributed by atoms with E-state index in [1.807, 2.05) is 84.9 Å². The molecule has 0 spiro atoms. The van der Waals surface area contributed by atoms with Crippen LogP contribution in [0.4, 0.5) is 4.79 Å². The van der Waals surface area contributed by atoms with Crippen molar-refractivity contribution in [1.29, 1.82) is 0 Å². The van der Waals surface area contributed by atoms with E-state index in [4.69, 9.17) is 19.2 Å². The molecule has 58 heavy (non-hydrogen) atoms. The van der Waals surface area contributed by atoms with E-state index in [2.05, 4.69) is 16.0 Å². The van der Waals surface area contributed by atoms with Crippen LogP contribution in [0.1, 0.15) is 52.3 Å². The third-order valence-electron chi connectivity index (χ3n) is 10.6. The Morgan fingerprint density at radius 1 is 0.914 bits per heavy atom. The molecule has 8 rings (SSSR count). The molecule has 0 radical (unpaired) electrons. The zero-order valence-corrected chi connectivity index (χ0v) is 31.4. The zero-order chi connectivity index (χ0) is 40.3. The molecule has 3 amide bonds. The number of nitrogens with zero attached hydrogens (tertiary/aromatic N) is 2. The Bertz CT molecular complexity index is 2630. The Balaban J connectivity index is 0.885. The maximum atomic E-state index is 13.8. The third kappa shape index (κ3) is 7.26. The van der Waals surface area contributed by atoms with E-state index in [-0.39, 0.29) is 64.1 Å². The Labute approximate surface area is 331 Å². The normalized spacial score (nSPS) is 12.9. The second kappa shape index (κ2) is 16.3. The van der Waals surface area contributed by atoms with Crippen LogP contribution in [0, 0.1) is 0 Å². The van der Waals surface area contributed by atoms with Crippen molar-refractivity contribution in [3.63, 3.8) is 0 Å². The lowest BCUT2D eigenvalue weighted by Crippen LogP contribution is -2.39. The number of hydrogen-bond acceptors (Lipinski definition) is 10. The van der Waals surface area contributed by atoms with Crippen LogP contribution >= 0.6 is 0 Å². The van der Waals surface area contributed by atoms with Crippen LogP contribution in [-0.4, -0.2) is 65.5 Å². The monoisotopic (exact) mass is 781 g/mol. The molecule has 3 heterocycles. The van der Waals surface area contributed by atoms with Gasteiger partial charge >= 0.3 is 6.09 Å². The number of ether oxygens (including phenoxy) is 3. The van der Waals surface area contributed by atoms with Gasteiger partial charge < -0.3 is 39.8 Å². The number of alkyl carbamates (subject to hydrolysis) is 1. The van der Waals surface area contributed by atoms with Crippen LogP contribution in [0.2, 0.25) is 0 Å². The quantitative estimate of drug-likeness (QED) is 0.0528. The number of carbonyl (C=O) groups excluding carboxylic acids is 4. The minimum absolute atomic E-state index is 0.0705. The topological polar surface area (TPSA) is 187 Å². The number of nitrogens with one attached hydrogen (secondary N) is 3. The lowest BCUT2D eigenvalue weighted by molar-refractivity contribution is -0.130. The van der Waals surface area contributed by atoms with Crippen LogP contribution < -0.4 is 21.5 Å². The van der Waals surface area contributed by atoms with Gasteiger partial charge in [0.2, 0.25) is 11.8 Å². The maximum absolute atomic E-state index is 13.8. The smallest absolute Gasteiger partial charge is 0.407 e. The van der Waals surface area contributed by atoms with Gasteiger partial charge in [-0.1, -0.05) is 78.9 Å². The van der Waals surface area contributed by atoms with Crippen molar-refractivity contribution in [3.05, 3.63) is 135 Å². The Hall–Kier alpha value is -6.90. The van der Waals surface area contributed by atoms with Crippen molar-refractivity contribution < 1.29 is 38.5 Å². The van der Waals surface area contributed by atoms with Crippen molar-refractivity contribution in [3.8, 4) is 22.5 Å². The first-order chi connectivity index (χ1) is 28.2. The molecular weight excluding hydrogens is 743 g/mol. The average molecular weight is 782 g/mol. The molecule has 4 aromatic carbocycles. The number of amides is 3. The highest BCUT2D eigenvalue weighted by molar-refractivity contribution is 6.09. The number of carbonyl (C=O) groups is 4. The van der Waals surface area contributed by atoms with Crippen LogP contribution in [0.5, 0.6) is 0 Å². The van der Waals surface area contributed by atoms with Crippen molar-refractivity contribution in [2.75, 3.05) is 26.5 Å². The van der Waals surface area contributed by atoms with Gasteiger partial charge in [-0.25, -0.2) is 9.78 Å². The molecule has 14 nitrogen and oxygen atoms in total. The van der Waals surface area contributed by atoms with E-state index in [1.165, 1.54) is 11.5 Å². The van der Waals surface area contributed by atoms with Crippen LogP contribution in [0.3, 0.4) is 0 Å². The summed E-state index contributed by atoms with van der Waals surface area (Å²) in [6.45, 7) is 0.812. The molecule has 1 aliphatic carbocycles. The number of benzene rings is 4. The molecule has 6 aromatic rings. The van der Waals surface area contributed by atoms with Gasteiger partial charge in [0.1, 0.15) is 33.1 Å². The fourth-order valence-corrected chi connectivity index (χ4v) is 7.96. The summed E-state index contributed by atoms with van der Waals surface area (Å²) in [5, 5.41) is 21.1. The summed E-state index contributed by atoms with van der Waals surface area (Å²) in [5.74, 6) is -1.10. The molecule has 0 bridgehead atoms. The number of hydrogen-bond donors (Lipinski definition) is 4. The van der Waals surface area contributed by atoms with Gasteiger partial charge in [0.05, 0.1) is 35.1 Å². The highest BCUT2D eigenvalue weighted by Gasteiger charge is 2.31. The predicted octanol–water partition coefficient (Wildman–Crippen LogP) is 4.55. The summed E-state index contributed by atoms with van der Waals surface area (Å²) in [4.78, 5) is 67.7. The fourth-order valence-electron chi connectivity index (χ4n) is 7.96. The number of pyridine rings is 2. The minimum Gasteiger partial charge on any atom is -0.463 e. The number of aliphatic hydroxyl groups is 1. The molecule has 14 heteroatoms. The van der Waals surface area contributed by atoms with Crippen molar-refractivity contribution in [2.24, 2.45) is 0 Å². The highest BCUT2D eigenvalue weighted by Crippen LogP contribution is 2.44. The first kappa shape index (κ1) is 38.0. The molecule has 294 valence electrons. The summed E-state index contributed by atoms with van der Waals surface area (Å²) in [6, 6.07) is 29.3. The molecule has 2 aromatic heterocycles. The first-order valence-corrected chi connectivity index (χ1v) is 18.8. The SMILES string of the molecule is CC(O)c1cc2n(c(=O)c1COC=O)Cc1c-2nc2ccc3ccccc3c2c1CNC(=O)COCNC(=O)CNC(=O)OCC1c2ccccc2-c2ccccc21. The standard InChI is InChI=1S/C44H39N5O9/c1-25(51)32-16-38-42-34(19-49(38)43(54)36(32)20-57-24-50)33(41-27-9-3-2-8-26(27)14-15-37(41)48-42)17-45-40(53)22-56-23-47-39(52)18-46-44(55)58-21-35-30-12-6-4-10-28(30)29-11-5-7-13-31(29)35/h2-16,24-25,35,51H,17-23H2,1H3,(H,45,53)(H,46,55)(H,47,52). The summed E-state index contributed by atoms with van der Waals surface area (Å²) >= 11 is 0. The van der Waals surface area contributed by atoms with E-state index in [0.717, 1.165) is 49.5 Å². The van der Waals surface area contributed by atoms with Gasteiger partial charge in [-0.3, -0.25) is 19.2 Å². The first-order valence-electron chi connectivity index (χ1n) is 18.8. The molecule has 0 fully saturated rings. The second-order valence-corrected chi connectivity index (χ2v) is 14.1. The van der Waals surface area contributed by atoms with Crippen LogP contribution in [0.25, 0.3) is 44.2 Å². The second-order valence-electron chi connectivity index (χ2n) is 14.1. The van der Waals surface area contributed by atoms with Crippen molar-refractivity contribution in [2.45, 2.75) is 38.6 Å². The molecule has 0 saturated heterocycles. The zero-order valence-electron chi connectivity index (χ0n) is 31.4. The Morgan fingerprint density at radius 3 is 2.38 bits per heavy atom. The summed E-state index contributed by atoms with van der Waals surface area (Å²) in [6.07, 6.45) is -1.75. The average Bonchev–Trinajstić information content (AvgIpc) is 3.77. The summed E-state index contributed by atoms with van der Waals surface area (Å²) < 4.78 is 17.4. The van der Waals surface area contributed by atoms with E-state index in [1.54, 1.807) is 6.07 Å². The van der Waals surface area contributed by atoms with Gasteiger partial charge in [0.15, 0.2) is 0 Å². The van der Waals surface area contributed by atoms with Crippen LogP contribution in [0.15, 0.2) is 95.8 Å². The Morgan fingerprint density at radius 2 is 1.64 bits per heavy atom. The maximum Gasteiger partial charge on any atom is 0.407 e. The Kier molecular flexibility index (Phi) is 10.7. The predicted molar refractivity (Wildman–Crippen MR) is 213 cm³/mol. The number of rotatable bonds is 14. The van der Waals surface area contributed by atoms with E-state index in [9.17, 15) is 29.1 Å². The molecule has 1 atom stereocenters. The lowest BCUT2D eigenvalue weighted by Gasteiger charge is -2.15. The highest BCUT2D eigenvalue weighted by atomic mass is 16.5. The van der Waals surface area contributed by atoms with E-state index in [0.29, 0.717) is 22.5 Å². The minimum atomic E-state index is -1.02.